The van der Waals surface area contributed by atoms with Crippen LogP contribution in [0.2, 0.25) is 5.02 Å². The zero-order chi connectivity index (χ0) is 14.6. The summed E-state index contributed by atoms with van der Waals surface area (Å²) in [5.41, 5.74) is 5.21. The molecule has 0 heterocycles. The molecule has 0 atom stereocenters. The van der Waals surface area contributed by atoms with E-state index in [9.17, 15) is 14.4 Å². The van der Waals surface area contributed by atoms with Gasteiger partial charge in [-0.05, 0) is 18.2 Å². The van der Waals surface area contributed by atoms with Gasteiger partial charge in [0.25, 0.3) is 0 Å². The standard InChI is InChI=1S/C11H12ClN3O4/c1-15(5-9(13)16)11(19)14-6-2-3-7(10(17)18)8(12)4-6/h2-4H,5H2,1H3,(H2,13,16)(H,14,19)(H,17,18). The van der Waals surface area contributed by atoms with Gasteiger partial charge in [0, 0.05) is 12.7 Å². The maximum Gasteiger partial charge on any atom is 0.337 e. The number of amides is 3. The first-order valence-electron chi connectivity index (χ1n) is 5.14. The fourth-order valence-corrected chi connectivity index (χ4v) is 1.55. The highest BCUT2D eigenvalue weighted by atomic mass is 35.5. The van der Waals surface area contributed by atoms with Crippen LogP contribution >= 0.6 is 11.6 Å². The molecule has 102 valence electrons. The molecular weight excluding hydrogens is 274 g/mol. The number of anilines is 1. The predicted octanol–water partition coefficient (Wildman–Crippen LogP) is 0.987. The van der Waals surface area contributed by atoms with E-state index in [1.807, 2.05) is 0 Å². The lowest BCUT2D eigenvalue weighted by molar-refractivity contribution is -0.118. The van der Waals surface area contributed by atoms with Gasteiger partial charge in [0.15, 0.2) is 0 Å². The number of primary amides is 1. The largest absolute Gasteiger partial charge is 0.478 e. The summed E-state index contributed by atoms with van der Waals surface area (Å²) in [4.78, 5) is 34.1. The maximum absolute atomic E-state index is 11.6. The lowest BCUT2D eigenvalue weighted by atomic mass is 10.2. The van der Waals surface area contributed by atoms with Crippen LogP contribution in [-0.2, 0) is 4.79 Å². The number of carbonyl (C=O) groups excluding carboxylic acids is 2. The third-order valence-electron chi connectivity index (χ3n) is 2.19. The van der Waals surface area contributed by atoms with Crippen LogP contribution in [0, 0.1) is 0 Å². The van der Waals surface area contributed by atoms with Crippen LogP contribution in [-0.4, -0.2) is 41.5 Å². The van der Waals surface area contributed by atoms with Crippen molar-refractivity contribution in [2.75, 3.05) is 18.9 Å². The summed E-state index contributed by atoms with van der Waals surface area (Å²) in [6.07, 6.45) is 0. The number of rotatable bonds is 4. The minimum Gasteiger partial charge on any atom is -0.478 e. The average molecular weight is 286 g/mol. The number of halogens is 1. The average Bonchev–Trinajstić information content (AvgIpc) is 2.27. The second kappa shape index (κ2) is 6.05. The Hall–Kier alpha value is -2.28. The van der Waals surface area contributed by atoms with Crippen molar-refractivity contribution < 1.29 is 19.5 Å². The first-order chi connectivity index (χ1) is 8.81. The third-order valence-corrected chi connectivity index (χ3v) is 2.50. The molecule has 1 aromatic carbocycles. The molecular formula is C11H12ClN3O4. The second-order valence-corrected chi connectivity index (χ2v) is 4.16. The van der Waals surface area contributed by atoms with Crippen molar-refractivity contribution in [3.63, 3.8) is 0 Å². The maximum atomic E-state index is 11.6. The van der Waals surface area contributed by atoms with Gasteiger partial charge in [0.05, 0.1) is 10.6 Å². The van der Waals surface area contributed by atoms with Crippen molar-refractivity contribution in [3.05, 3.63) is 28.8 Å². The van der Waals surface area contributed by atoms with Crippen LogP contribution in [0.25, 0.3) is 0 Å². The van der Waals surface area contributed by atoms with Gasteiger partial charge < -0.3 is 21.1 Å². The molecule has 19 heavy (non-hydrogen) atoms. The quantitative estimate of drug-likeness (QED) is 0.765. The van der Waals surface area contributed by atoms with Gasteiger partial charge >= 0.3 is 12.0 Å². The van der Waals surface area contributed by atoms with Crippen LogP contribution < -0.4 is 11.1 Å². The highest BCUT2D eigenvalue weighted by Gasteiger charge is 2.13. The topological polar surface area (TPSA) is 113 Å². The number of nitrogens with zero attached hydrogens (tertiary/aromatic N) is 1. The molecule has 0 saturated heterocycles. The van der Waals surface area contributed by atoms with Crippen molar-refractivity contribution in [2.45, 2.75) is 0 Å². The molecule has 0 unspecified atom stereocenters. The number of carbonyl (C=O) groups is 3. The lowest BCUT2D eigenvalue weighted by Gasteiger charge is -2.16. The van der Waals surface area contributed by atoms with Gasteiger partial charge in [-0.1, -0.05) is 11.6 Å². The molecule has 0 radical (unpaired) electrons. The van der Waals surface area contributed by atoms with E-state index in [0.717, 1.165) is 4.90 Å². The SMILES string of the molecule is CN(CC(N)=O)C(=O)Nc1ccc(C(=O)O)c(Cl)c1. The number of carboxylic acids is 1. The van der Waals surface area contributed by atoms with Gasteiger partial charge in [-0.2, -0.15) is 0 Å². The number of carboxylic acid groups (broad SMARTS) is 1. The van der Waals surface area contributed by atoms with E-state index in [4.69, 9.17) is 22.4 Å². The first kappa shape index (κ1) is 14.8. The van der Waals surface area contributed by atoms with Crippen LogP contribution in [0.1, 0.15) is 10.4 Å². The number of aromatic carboxylic acids is 1. The molecule has 8 heteroatoms. The van der Waals surface area contributed by atoms with Gasteiger partial charge in [0.1, 0.15) is 6.54 Å². The molecule has 3 amide bonds. The number of benzene rings is 1. The van der Waals surface area contributed by atoms with Crippen LogP contribution in [0.4, 0.5) is 10.5 Å². The van der Waals surface area contributed by atoms with E-state index in [1.54, 1.807) is 0 Å². The zero-order valence-electron chi connectivity index (χ0n) is 10.0. The van der Waals surface area contributed by atoms with E-state index < -0.39 is 17.9 Å². The van der Waals surface area contributed by atoms with E-state index in [2.05, 4.69) is 5.32 Å². The van der Waals surface area contributed by atoms with Gasteiger partial charge in [-0.25, -0.2) is 9.59 Å². The minimum absolute atomic E-state index is 0.00264. The Morgan fingerprint density at radius 1 is 1.42 bits per heavy atom. The summed E-state index contributed by atoms with van der Waals surface area (Å²) < 4.78 is 0. The fourth-order valence-electron chi connectivity index (χ4n) is 1.29. The zero-order valence-corrected chi connectivity index (χ0v) is 10.8. The van der Waals surface area contributed by atoms with Crippen molar-refractivity contribution in [3.8, 4) is 0 Å². The van der Waals surface area contributed by atoms with E-state index in [1.165, 1.54) is 25.2 Å². The highest BCUT2D eigenvalue weighted by molar-refractivity contribution is 6.33. The third kappa shape index (κ3) is 4.14. The van der Waals surface area contributed by atoms with Crippen molar-refractivity contribution in [2.24, 2.45) is 5.73 Å². The fraction of sp³-hybridized carbons (Fsp3) is 0.182. The molecule has 0 fully saturated rings. The molecule has 0 saturated carbocycles. The molecule has 1 rings (SSSR count). The first-order valence-corrected chi connectivity index (χ1v) is 5.52. The summed E-state index contributed by atoms with van der Waals surface area (Å²) in [6, 6.07) is 3.42. The van der Waals surface area contributed by atoms with E-state index in [-0.39, 0.29) is 17.1 Å². The van der Waals surface area contributed by atoms with Crippen LogP contribution in [0.15, 0.2) is 18.2 Å². The van der Waals surface area contributed by atoms with Gasteiger partial charge in [-0.3, -0.25) is 4.79 Å². The molecule has 0 aliphatic rings. The Kier molecular flexibility index (Phi) is 4.71. The molecule has 0 aliphatic heterocycles. The van der Waals surface area contributed by atoms with Crippen molar-refractivity contribution in [1.82, 2.24) is 4.90 Å². The van der Waals surface area contributed by atoms with Crippen LogP contribution in [0.5, 0.6) is 0 Å². The number of urea groups is 1. The Morgan fingerprint density at radius 2 is 2.05 bits per heavy atom. The summed E-state index contributed by atoms with van der Waals surface area (Å²) in [7, 11) is 1.40. The Morgan fingerprint density at radius 3 is 2.53 bits per heavy atom. The number of likely N-dealkylation sites (N-methyl/N-ethyl adjacent to an activating group) is 1. The van der Waals surface area contributed by atoms with Gasteiger partial charge in [0.2, 0.25) is 5.91 Å². The summed E-state index contributed by atoms with van der Waals surface area (Å²) in [5.74, 6) is -1.80. The Labute approximate surface area is 113 Å². The monoisotopic (exact) mass is 285 g/mol. The molecule has 4 N–H and O–H groups in total. The van der Waals surface area contributed by atoms with E-state index in [0.29, 0.717) is 5.69 Å². The summed E-state index contributed by atoms with van der Waals surface area (Å²) in [6.45, 7) is -0.229. The van der Waals surface area contributed by atoms with Crippen molar-refractivity contribution >= 4 is 35.2 Å². The normalized spacial score (nSPS) is 9.79. The number of hydrogen-bond donors (Lipinski definition) is 3. The Balaban J connectivity index is 2.78. The number of nitrogens with one attached hydrogen (secondary N) is 1. The summed E-state index contributed by atoms with van der Waals surface area (Å²) in [5, 5.41) is 11.3. The van der Waals surface area contributed by atoms with Crippen LogP contribution in [0.3, 0.4) is 0 Å². The highest BCUT2D eigenvalue weighted by Crippen LogP contribution is 2.21. The summed E-state index contributed by atoms with van der Waals surface area (Å²) >= 11 is 5.75. The molecule has 0 aromatic heterocycles. The molecule has 0 aliphatic carbocycles. The molecule has 7 nitrogen and oxygen atoms in total. The van der Waals surface area contributed by atoms with Gasteiger partial charge in [-0.15, -0.1) is 0 Å². The smallest absolute Gasteiger partial charge is 0.337 e. The number of hydrogen-bond acceptors (Lipinski definition) is 3. The lowest BCUT2D eigenvalue weighted by Crippen LogP contribution is -2.38. The number of nitrogens with two attached hydrogens (primary N) is 1. The molecule has 0 spiro atoms. The van der Waals surface area contributed by atoms with E-state index >= 15 is 0 Å². The second-order valence-electron chi connectivity index (χ2n) is 3.75. The Bertz CT molecular complexity index is 533. The minimum atomic E-state index is -1.16. The molecule has 1 aromatic rings. The van der Waals surface area contributed by atoms with Crippen molar-refractivity contribution in [1.29, 1.82) is 0 Å². The predicted molar refractivity (Wildman–Crippen MR) is 69.3 cm³/mol. The molecule has 0 bridgehead atoms.